The van der Waals surface area contributed by atoms with Gasteiger partial charge >= 0.3 is 0 Å². The fraction of sp³-hybridized carbons (Fsp3) is 0.200. The number of hydrogen-bond donors (Lipinski definition) is 1. The van der Waals surface area contributed by atoms with Crippen molar-refractivity contribution in [3.63, 3.8) is 0 Å². The SMILES string of the molecule is Cc1nnc(Sc2ccc(S(C)(=O)=O)cc2N)s1. The monoisotopic (exact) mass is 301 g/mol. The molecule has 0 fully saturated rings. The van der Waals surface area contributed by atoms with E-state index in [0.717, 1.165) is 20.5 Å². The Balaban J connectivity index is 2.31. The van der Waals surface area contributed by atoms with E-state index < -0.39 is 9.84 Å². The smallest absolute Gasteiger partial charge is 0.179 e. The minimum absolute atomic E-state index is 0.220. The topological polar surface area (TPSA) is 85.9 Å². The van der Waals surface area contributed by atoms with Crippen molar-refractivity contribution in [1.29, 1.82) is 0 Å². The van der Waals surface area contributed by atoms with Crippen molar-refractivity contribution in [3.05, 3.63) is 23.2 Å². The highest BCUT2D eigenvalue weighted by molar-refractivity contribution is 8.01. The van der Waals surface area contributed by atoms with E-state index in [0.29, 0.717) is 5.69 Å². The summed E-state index contributed by atoms with van der Waals surface area (Å²) in [4.78, 5) is 0.997. The fourth-order valence-electron chi connectivity index (χ4n) is 1.26. The van der Waals surface area contributed by atoms with Crippen LogP contribution in [0.1, 0.15) is 5.01 Å². The summed E-state index contributed by atoms with van der Waals surface area (Å²) in [5, 5.41) is 8.77. The predicted octanol–water partition coefficient (Wildman–Crippen LogP) is 1.98. The second-order valence-electron chi connectivity index (χ2n) is 3.66. The van der Waals surface area contributed by atoms with Gasteiger partial charge in [0, 0.05) is 16.8 Å². The van der Waals surface area contributed by atoms with Crippen molar-refractivity contribution < 1.29 is 8.42 Å². The first-order valence-corrected chi connectivity index (χ1v) is 8.46. The average Bonchev–Trinajstić information content (AvgIpc) is 2.65. The van der Waals surface area contributed by atoms with Crippen LogP contribution in [0.5, 0.6) is 0 Å². The Hall–Kier alpha value is -1.12. The van der Waals surface area contributed by atoms with Crippen LogP contribution >= 0.6 is 23.1 Å². The van der Waals surface area contributed by atoms with Crippen molar-refractivity contribution in [1.82, 2.24) is 10.2 Å². The molecule has 1 aromatic heterocycles. The van der Waals surface area contributed by atoms with Crippen molar-refractivity contribution >= 4 is 38.6 Å². The molecule has 0 atom stereocenters. The lowest BCUT2D eigenvalue weighted by Crippen LogP contribution is -1.99. The highest BCUT2D eigenvalue weighted by Gasteiger charge is 2.11. The first-order valence-electron chi connectivity index (χ1n) is 4.94. The zero-order chi connectivity index (χ0) is 13.3. The molecule has 8 heteroatoms. The third-order valence-electron chi connectivity index (χ3n) is 2.11. The zero-order valence-electron chi connectivity index (χ0n) is 9.75. The Bertz CT molecular complexity index is 679. The van der Waals surface area contributed by atoms with E-state index in [2.05, 4.69) is 10.2 Å². The van der Waals surface area contributed by atoms with Crippen molar-refractivity contribution in [2.45, 2.75) is 21.1 Å². The van der Waals surface area contributed by atoms with Gasteiger partial charge in [0.05, 0.1) is 4.90 Å². The number of aryl methyl sites for hydroxylation is 1. The largest absolute Gasteiger partial charge is 0.398 e. The van der Waals surface area contributed by atoms with E-state index in [1.807, 2.05) is 6.92 Å². The highest BCUT2D eigenvalue weighted by Crippen LogP contribution is 2.34. The molecule has 0 radical (unpaired) electrons. The maximum Gasteiger partial charge on any atom is 0.179 e. The van der Waals surface area contributed by atoms with Crippen LogP contribution < -0.4 is 5.73 Å². The van der Waals surface area contributed by atoms with Gasteiger partial charge in [-0.05, 0) is 25.1 Å². The van der Waals surface area contributed by atoms with E-state index >= 15 is 0 Å². The molecule has 2 N–H and O–H groups in total. The second kappa shape index (κ2) is 4.87. The molecular weight excluding hydrogens is 290 g/mol. The van der Waals surface area contributed by atoms with Crippen LogP contribution in [-0.2, 0) is 9.84 Å². The zero-order valence-corrected chi connectivity index (χ0v) is 12.2. The summed E-state index contributed by atoms with van der Waals surface area (Å²) in [6.07, 6.45) is 1.16. The van der Waals surface area contributed by atoms with E-state index in [-0.39, 0.29) is 4.90 Å². The van der Waals surface area contributed by atoms with Gasteiger partial charge in [0.25, 0.3) is 0 Å². The third-order valence-corrected chi connectivity index (χ3v) is 5.21. The van der Waals surface area contributed by atoms with E-state index in [1.54, 1.807) is 12.1 Å². The maximum absolute atomic E-state index is 11.4. The summed E-state index contributed by atoms with van der Waals surface area (Å²) in [5.41, 5.74) is 6.27. The quantitative estimate of drug-likeness (QED) is 0.872. The Morgan fingerprint density at radius 2 is 2.06 bits per heavy atom. The van der Waals surface area contributed by atoms with Gasteiger partial charge in [-0.1, -0.05) is 23.1 Å². The average molecular weight is 301 g/mol. The molecule has 0 spiro atoms. The molecule has 0 aliphatic carbocycles. The van der Waals surface area contributed by atoms with Crippen LogP contribution in [0.15, 0.2) is 32.3 Å². The minimum atomic E-state index is -3.23. The van der Waals surface area contributed by atoms with E-state index in [4.69, 9.17) is 5.73 Å². The number of nitrogens with two attached hydrogens (primary N) is 1. The van der Waals surface area contributed by atoms with Gasteiger partial charge in [0.2, 0.25) is 0 Å². The number of rotatable bonds is 3. The number of hydrogen-bond acceptors (Lipinski definition) is 7. The van der Waals surface area contributed by atoms with Gasteiger partial charge in [0.15, 0.2) is 14.2 Å². The molecule has 1 aromatic carbocycles. The number of benzene rings is 1. The standard InChI is InChI=1S/C10H11N3O2S3/c1-6-12-13-10(16-6)17-9-4-3-7(5-8(9)11)18(2,14)15/h3-5H,11H2,1-2H3. The summed E-state index contributed by atoms with van der Waals surface area (Å²) in [6, 6.07) is 4.70. The number of sulfone groups is 1. The predicted molar refractivity (Wildman–Crippen MR) is 72.7 cm³/mol. The molecule has 0 aliphatic rings. The van der Waals surface area contributed by atoms with Crippen LogP contribution in [0.4, 0.5) is 5.69 Å². The van der Waals surface area contributed by atoms with Gasteiger partial charge in [-0.3, -0.25) is 0 Å². The van der Waals surface area contributed by atoms with Crippen LogP contribution in [0.2, 0.25) is 0 Å². The molecule has 0 saturated heterocycles. The summed E-state index contributed by atoms with van der Waals surface area (Å²) in [7, 11) is -3.23. The second-order valence-corrected chi connectivity index (χ2v) is 8.15. The molecule has 0 bridgehead atoms. The number of nitrogen functional groups attached to an aromatic ring is 1. The van der Waals surface area contributed by atoms with E-state index in [9.17, 15) is 8.42 Å². The molecule has 0 unspecified atom stereocenters. The molecule has 2 aromatic rings. The highest BCUT2D eigenvalue weighted by atomic mass is 32.2. The van der Waals surface area contributed by atoms with Crippen molar-refractivity contribution in [2.75, 3.05) is 12.0 Å². The molecule has 5 nitrogen and oxygen atoms in total. The van der Waals surface area contributed by atoms with Crippen LogP contribution in [0, 0.1) is 6.92 Å². The summed E-state index contributed by atoms with van der Waals surface area (Å²) in [5.74, 6) is 0. The van der Waals surface area contributed by atoms with Crippen LogP contribution in [0.25, 0.3) is 0 Å². The Morgan fingerprint density at radius 1 is 1.33 bits per heavy atom. The molecule has 0 amide bonds. The Morgan fingerprint density at radius 3 is 2.56 bits per heavy atom. The molecule has 0 saturated carbocycles. The summed E-state index contributed by atoms with van der Waals surface area (Å²) < 4.78 is 23.5. The Labute approximate surface area is 113 Å². The maximum atomic E-state index is 11.4. The Kier molecular flexibility index (Phi) is 3.60. The molecule has 1 heterocycles. The number of anilines is 1. The third kappa shape index (κ3) is 3.01. The molecular formula is C10H11N3O2S3. The van der Waals surface area contributed by atoms with Gasteiger partial charge in [-0.2, -0.15) is 0 Å². The van der Waals surface area contributed by atoms with Gasteiger partial charge in [-0.15, -0.1) is 10.2 Å². The van der Waals surface area contributed by atoms with Crippen LogP contribution in [-0.4, -0.2) is 24.9 Å². The van der Waals surface area contributed by atoms with Gasteiger partial charge in [0.1, 0.15) is 5.01 Å². The molecule has 96 valence electrons. The van der Waals surface area contributed by atoms with Crippen LogP contribution in [0.3, 0.4) is 0 Å². The fourth-order valence-corrected chi connectivity index (χ4v) is 3.72. The van der Waals surface area contributed by atoms with Crippen molar-refractivity contribution in [3.8, 4) is 0 Å². The molecule has 18 heavy (non-hydrogen) atoms. The molecule has 2 rings (SSSR count). The number of nitrogens with zero attached hydrogens (tertiary/aromatic N) is 2. The first-order chi connectivity index (χ1) is 8.36. The molecule has 0 aliphatic heterocycles. The van der Waals surface area contributed by atoms with Gasteiger partial charge < -0.3 is 5.73 Å². The van der Waals surface area contributed by atoms with E-state index in [1.165, 1.54) is 29.2 Å². The first kappa shape index (κ1) is 13.3. The van der Waals surface area contributed by atoms with Gasteiger partial charge in [-0.25, -0.2) is 8.42 Å². The minimum Gasteiger partial charge on any atom is -0.398 e. The summed E-state index contributed by atoms with van der Waals surface area (Å²) in [6.45, 7) is 1.87. The lowest BCUT2D eigenvalue weighted by atomic mass is 10.3. The summed E-state index contributed by atoms with van der Waals surface area (Å²) >= 11 is 2.85. The number of aromatic nitrogens is 2. The van der Waals surface area contributed by atoms with Crippen molar-refractivity contribution in [2.24, 2.45) is 0 Å². The normalized spacial score (nSPS) is 11.7. The lowest BCUT2D eigenvalue weighted by molar-refractivity contribution is 0.602. The lowest BCUT2D eigenvalue weighted by Gasteiger charge is -2.05.